The number of fused-ring (bicyclic) bond motifs is 1. The molecule has 0 N–H and O–H groups in total. The molecule has 1 spiro atoms. The molecule has 0 aliphatic carbocycles. The Labute approximate surface area is 151 Å². The fraction of sp³-hybridized carbons (Fsp3) is 0.368. The summed E-state index contributed by atoms with van der Waals surface area (Å²) in [4.78, 5) is 2.26. The molecule has 132 valence electrons. The monoisotopic (exact) mass is 349 g/mol. The number of hydrogen-bond donors (Lipinski definition) is 0. The van der Waals surface area contributed by atoms with Crippen molar-refractivity contribution in [3.63, 3.8) is 0 Å². The van der Waals surface area contributed by atoms with E-state index in [1.165, 1.54) is 12.0 Å². The summed E-state index contributed by atoms with van der Waals surface area (Å²) < 4.78 is 11.6. The maximum Gasteiger partial charge on any atom is 0.267 e. The summed E-state index contributed by atoms with van der Waals surface area (Å²) in [5.41, 5.74) is 1.87. The first-order valence-electron chi connectivity index (χ1n) is 8.94. The summed E-state index contributed by atoms with van der Waals surface area (Å²) in [5.74, 6) is 2.31. The molecule has 2 aliphatic heterocycles. The smallest absolute Gasteiger partial charge is 0.267 e. The van der Waals surface area contributed by atoms with Crippen molar-refractivity contribution in [2.24, 2.45) is 0 Å². The van der Waals surface area contributed by atoms with E-state index in [9.17, 15) is 0 Å². The number of benzene rings is 1. The first kappa shape index (κ1) is 15.3. The molecule has 0 saturated carbocycles. The first-order valence-corrected chi connectivity index (χ1v) is 8.94. The van der Waals surface area contributed by atoms with Crippen LogP contribution in [0.4, 0.5) is 5.82 Å². The summed E-state index contributed by atoms with van der Waals surface area (Å²) in [6, 6.07) is 12.2. The number of piperidine rings is 1. The second kappa shape index (κ2) is 6.09. The number of rotatable bonds is 2. The van der Waals surface area contributed by atoms with E-state index in [0.29, 0.717) is 11.6 Å². The highest BCUT2D eigenvalue weighted by Gasteiger charge is 2.39. The number of nitrogens with zero attached hydrogens (tertiary/aromatic N) is 5. The lowest BCUT2D eigenvalue weighted by atomic mass is 9.83. The van der Waals surface area contributed by atoms with E-state index in [1.54, 1.807) is 0 Å². The Morgan fingerprint density at radius 3 is 2.58 bits per heavy atom. The van der Waals surface area contributed by atoms with E-state index < -0.39 is 0 Å². The van der Waals surface area contributed by atoms with Crippen molar-refractivity contribution in [1.82, 2.24) is 20.4 Å². The zero-order valence-corrected chi connectivity index (χ0v) is 14.3. The predicted octanol–water partition coefficient (Wildman–Crippen LogP) is 2.89. The van der Waals surface area contributed by atoms with Gasteiger partial charge in [0.2, 0.25) is 6.39 Å². The summed E-state index contributed by atoms with van der Waals surface area (Å²) in [6.07, 6.45) is 5.45. The van der Waals surface area contributed by atoms with E-state index in [2.05, 4.69) is 43.5 Å². The van der Waals surface area contributed by atoms with Crippen LogP contribution in [0.1, 0.15) is 24.8 Å². The van der Waals surface area contributed by atoms with Crippen molar-refractivity contribution in [3.05, 3.63) is 48.4 Å². The molecule has 5 rings (SSSR count). The average Bonchev–Trinajstić information content (AvgIpc) is 3.24. The van der Waals surface area contributed by atoms with Crippen LogP contribution >= 0.6 is 0 Å². The minimum Gasteiger partial charge on any atom is -0.487 e. The second-order valence-electron chi connectivity index (χ2n) is 6.90. The van der Waals surface area contributed by atoms with Crippen LogP contribution in [-0.2, 0) is 6.42 Å². The van der Waals surface area contributed by atoms with Crippen LogP contribution in [0.15, 0.2) is 47.2 Å². The highest BCUT2D eigenvalue weighted by molar-refractivity contribution is 5.49. The maximum absolute atomic E-state index is 6.42. The highest BCUT2D eigenvalue weighted by atomic mass is 16.5. The number of hydrogen-bond acceptors (Lipinski definition) is 7. The van der Waals surface area contributed by atoms with Gasteiger partial charge >= 0.3 is 0 Å². The Morgan fingerprint density at radius 2 is 1.81 bits per heavy atom. The molecule has 7 nitrogen and oxygen atoms in total. The molecule has 7 heteroatoms. The van der Waals surface area contributed by atoms with Crippen LogP contribution in [0.25, 0.3) is 11.6 Å². The molecule has 1 fully saturated rings. The topological polar surface area (TPSA) is 77.2 Å². The maximum atomic E-state index is 6.42. The van der Waals surface area contributed by atoms with Gasteiger partial charge in [0, 0.05) is 25.9 Å². The van der Waals surface area contributed by atoms with Gasteiger partial charge in [-0.15, -0.1) is 20.4 Å². The third-order valence-electron chi connectivity index (χ3n) is 5.38. The molecule has 3 aromatic rings. The van der Waals surface area contributed by atoms with Gasteiger partial charge in [0.15, 0.2) is 5.82 Å². The largest absolute Gasteiger partial charge is 0.487 e. The van der Waals surface area contributed by atoms with Crippen molar-refractivity contribution in [2.75, 3.05) is 18.0 Å². The summed E-state index contributed by atoms with van der Waals surface area (Å²) in [5, 5.41) is 16.1. The Hall–Kier alpha value is -2.96. The molecule has 2 aliphatic rings. The van der Waals surface area contributed by atoms with Crippen LogP contribution in [0.2, 0.25) is 0 Å². The normalized spacial score (nSPS) is 18.4. The van der Waals surface area contributed by atoms with Crippen molar-refractivity contribution in [3.8, 4) is 17.3 Å². The quantitative estimate of drug-likeness (QED) is 0.704. The van der Waals surface area contributed by atoms with Gasteiger partial charge in [0.25, 0.3) is 5.89 Å². The van der Waals surface area contributed by atoms with Gasteiger partial charge in [0.1, 0.15) is 17.0 Å². The second-order valence-corrected chi connectivity index (χ2v) is 6.90. The van der Waals surface area contributed by atoms with E-state index in [-0.39, 0.29) is 5.60 Å². The molecule has 0 amide bonds. The van der Waals surface area contributed by atoms with E-state index >= 15 is 0 Å². The predicted molar refractivity (Wildman–Crippen MR) is 94.9 cm³/mol. The molecule has 2 aromatic heterocycles. The molecule has 0 atom stereocenters. The summed E-state index contributed by atoms with van der Waals surface area (Å²) in [7, 11) is 0. The van der Waals surface area contributed by atoms with Crippen LogP contribution < -0.4 is 9.64 Å². The third kappa shape index (κ3) is 2.69. The molecule has 1 aromatic carbocycles. The van der Waals surface area contributed by atoms with Crippen LogP contribution in [0, 0.1) is 0 Å². The van der Waals surface area contributed by atoms with E-state index in [4.69, 9.17) is 9.15 Å². The van der Waals surface area contributed by atoms with Gasteiger partial charge in [-0.3, -0.25) is 0 Å². The molecule has 0 unspecified atom stereocenters. The molecular weight excluding hydrogens is 330 g/mol. The van der Waals surface area contributed by atoms with Gasteiger partial charge in [-0.2, -0.15) is 0 Å². The Morgan fingerprint density at radius 1 is 0.923 bits per heavy atom. The molecule has 4 heterocycles. The fourth-order valence-electron chi connectivity index (χ4n) is 3.84. The van der Waals surface area contributed by atoms with Crippen LogP contribution in [0.3, 0.4) is 0 Å². The van der Waals surface area contributed by atoms with Crippen molar-refractivity contribution in [1.29, 1.82) is 0 Å². The molecule has 0 radical (unpaired) electrons. The SMILES string of the molecule is c1ccc2c(c1)CCC1(CCN(c3ccc(-c4nnco4)nn3)CC1)O2. The third-order valence-corrected chi connectivity index (χ3v) is 5.38. The van der Waals surface area contributed by atoms with E-state index in [1.807, 2.05) is 18.2 Å². The number of aryl methyl sites for hydroxylation is 1. The number of anilines is 1. The van der Waals surface area contributed by atoms with Crippen LogP contribution in [-0.4, -0.2) is 39.1 Å². The highest BCUT2D eigenvalue weighted by Crippen LogP contribution is 2.39. The summed E-state index contributed by atoms with van der Waals surface area (Å²) in [6.45, 7) is 1.83. The van der Waals surface area contributed by atoms with E-state index in [0.717, 1.165) is 50.3 Å². The Bertz CT molecular complexity index is 887. The van der Waals surface area contributed by atoms with Crippen molar-refractivity contribution in [2.45, 2.75) is 31.3 Å². The van der Waals surface area contributed by atoms with Gasteiger partial charge < -0.3 is 14.1 Å². The lowest BCUT2D eigenvalue weighted by molar-refractivity contribution is 0.0224. The lowest BCUT2D eigenvalue weighted by Crippen LogP contribution is -2.50. The van der Waals surface area contributed by atoms with Crippen LogP contribution in [0.5, 0.6) is 5.75 Å². The average molecular weight is 349 g/mol. The minimum absolute atomic E-state index is 0.0397. The van der Waals surface area contributed by atoms with Gasteiger partial charge in [-0.1, -0.05) is 18.2 Å². The van der Waals surface area contributed by atoms with Gasteiger partial charge in [0.05, 0.1) is 0 Å². The molecule has 1 saturated heterocycles. The molecule has 26 heavy (non-hydrogen) atoms. The zero-order chi connectivity index (χ0) is 17.4. The summed E-state index contributed by atoms with van der Waals surface area (Å²) >= 11 is 0. The lowest BCUT2D eigenvalue weighted by Gasteiger charge is -2.44. The molecule has 0 bridgehead atoms. The van der Waals surface area contributed by atoms with Gasteiger partial charge in [-0.05, 0) is 36.6 Å². The number of aromatic nitrogens is 4. The minimum atomic E-state index is -0.0397. The Kier molecular flexibility index (Phi) is 3.58. The number of para-hydroxylation sites is 1. The van der Waals surface area contributed by atoms with Crippen molar-refractivity contribution < 1.29 is 9.15 Å². The van der Waals surface area contributed by atoms with Gasteiger partial charge in [-0.25, -0.2) is 0 Å². The molecular formula is C19H19N5O2. The Balaban J connectivity index is 1.27. The fourth-order valence-corrected chi connectivity index (χ4v) is 3.84. The standard InChI is InChI=1S/C19H19N5O2/c1-2-4-16-14(3-1)7-8-19(26-16)9-11-24(12-10-19)17-6-5-15(21-22-17)18-23-20-13-25-18/h1-6,13H,7-12H2. The number of ether oxygens (including phenoxy) is 1. The van der Waals surface area contributed by atoms with Crippen molar-refractivity contribution >= 4 is 5.82 Å². The first-order chi connectivity index (χ1) is 12.8. The zero-order valence-electron chi connectivity index (χ0n) is 14.3.